The summed E-state index contributed by atoms with van der Waals surface area (Å²) in [6, 6.07) is 10.9. The van der Waals surface area contributed by atoms with Gasteiger partial charge in [0.15, 0.2) is 0 Å². The maximum absolute atomic E-state index is 11.8. The molecule has 0 radical (unpaired) electrons. The molecule has 2 aromatic rings. The second-order valence-electron chi connectivity index (χ2n) is 4.27. The summed E-state index contributed by atoms with van der Waals surface area (Å²) in [6.07, 6.45) is 1.64. The fourth-order valence-corrected chi connectivity index (χ4v) is 1.88. The second kappa shape index (κ2) is 6.20. The first-order chi connectivity index (χ1) is 9.22. The lowest BCUT2D eigenvalue weighted by molar-refractivity contribution is -0.143. The SMILES string of the molecule is COC(=O)[C@H](NCc1occc1C)c1ccccc1. The largest absolute Gasteiger partial charge is 0.468 e. The van der Waals surface area contributed by atoms with Crippen molar-refractivity contribution in [2.45, 2.75) is 19.5 Å². The summed E-state index contributed by atoms with van der Waals surface area (Å²) in [7, 11) is 1.39. The number of aryl methyl sites for hydroxylation is 1. The maximum Gasteiger partial charge on any atom is 0.327 e. The van der Waals surface area contributed by atoms with Crippen molar-refractivity contribution in [3.63, 3.8) is 0 Å². The molecule has 1 atom stereocenters. The Balaban J connectivity index is 2.11. The fourth-order valence-electron chi connectivity index (χ4n) is 1.88. The van der Waals surface area contributed by atoms with E-state index in [1.54, 1.807) is 6.26 Å². The summed E-state index contributed by atoms with van der Waals surface area (Å²) in [5, 5.41) is 3.16. The van der Waals surface area contributed by atoms with Gasteiger partial charge in [-0.2, -0.15) is 0 Å². The third-order valence-corrected chi connectivity index (χ3v) is 3.00. The molecule has 0 saturated heterocycles. The minimum Gasteiger partial charge on any atom is -0.468 e. The van der Waals surface area contributed by atoms with Gasteiger partial charge >= 0.3 is 5.97 Å². The summed E-state index contributed by atoms with van der Waals surface area (Å²) in [4.78, 5) is 11.8. The minimum absolute atomic E-state index is 0.310. The van der Waals surface area contributed by atoms with Crippen molar-refractivity contribution in [1.82, 2.24) is 5.32 Å². The van der Waals surface area contributed by atoms with Gasteiger partial charge in [-0.1, -0.05) is 30.3 Å². The number of esters is 1. The number of furan rings is 1. The molecule has 2 rings (SSSR count). The maximum atomic E-state index is 11.8. The van der Waals surface area contributed by atoms with Crippen LogP contribution in [0.5, 0.6) is 0 Å². The van der Waals surface area contributed by atoms with E-state index in [-0.39, 0.29) is 5.97 Å². The Hall–Kier alpha value is -2.07. The van der Waals surface area contributed by atoms with E-state index in [0.29, 0.717) is 6.54 Å². The Labute approximate surface area is 112 Å². The summed E-state index contributed by atoms with van der Waals surface area (Å²) < 4.78 is 10.2. The van der Waals surface area contributed by atoms with Crippen molar-refractivity contribution in [2.24, 2.45) is 0 Å². The van der Waals surface area contributed by atoms with E-state index >= 15 is 0 Å². The van der Waals surface area contributed by atoms with Gasteiger partial charge in [-0.05, 0) is 24.1 Å². The summed E-state index contributed by atoms with van der Waals surface area (Å²) in [5.41, 5.74) is 1.93. The molecule has 100 valence electrons. The van der Waals surface area contributed by atoms with Crippen molar-refractivity contribution in [1.29, 1.82) is 0 Å². The number of carbonyl (C=O) groups is 1. The number of ether oxygens (including phenoxy) is 1. The van der Waals surface area contributed by atoms with Crippen LogP contribution < -0.4 is 5.32 Å². The topological polar surface area (TPSA) is 51.5 Å². The van der Waals surface area contributed by atoms with Gasteiger partial charge in [0.05, 0.1) is 19.9 Å². The first-order valence-corrected chi connectivity index (χ1v) is 6.11. The molecule has 1 aromatic carbocycles. The molecule has 1 aromatic heterocycles. The molecule has 1 heterocycles. The quantitative estimate of drug-likeness (QED) is 0.838. The van der Waals surface area contributed by atoms with Crippen LogP contribution in [-0.4, -0.2) is 13.1 Å². The summed E-state index contributed by atoms with van der Waals surface area (Å²) in [6.45, 7) is 2.45. The first-order valence-electron chi connectivity index (χ1n) is 6.11. The summed E-state index contributed by atoms with van der Waals surface area (Å²) >= 11 is 0. The highest BCUT2D eigenvalue weighted by atomic mass is 16.5. The van der Waals surface area contributed by atoms with E-state index in [1.807, 2.05) is 43.3 Å². The molecule has 0 unspecified atom stereocenters. The zero-order valence-corrected chi connectivity index (χ0v) is 11.1. The van der Waals surface area contributed by atoms with Crippen LogP contribution in [0.1, 0.15) is 22.9 Å². The molecular weight excluding hydrogens is 242 g/mol. The molecule has 1 N–H and O–H groups in total. The van der Waals surface area contributed by atoms with Crippen LogP contribution >= 0.6 is 0 Å². The number of methoxy groups -OCH3 is 1. The number of carbonyl (C=O) groups excluding carboxylic acids is 1. The van der Waals surface area contributed by atoms with E-state index in [2.05, 4.69) is 5.32 Å². The standard InChI is InChI=1S/C15H17NO3/c1-11-8-9-19-13(11)10-16-14(15(17)18-2)12-6-4-3-5-7-12/h3-9,14,16H,10H2,1-2H3/t14-/m1/s1. The Morgan fingerprint density at radius 2 is 2.05 bits per heavy atom. The molecule has 4 heteroatoms. The predicted octanol–water partition coefficient (Wildman–Crippen LogP) is 2.59. The molecule has 0 saturated carbocycles. The minimum atomic E-state index is -0.490. The molecule has 0 bridgehead atoms. The van der Waals surface area contributed by atoms with Crippen molar-refractivity contribution in [2.75, 3.05) is 7.11 Å². The molecule has 0 aliphatic heterocycles. The van der Waals surface area contributed by atoms with E-state index in [4.69, 9.17) is 9.15 Å². The van der Waals surface area contributed by atoms with Gasteiger partial charge in [-0.25, -0.2) is 4.79 Å². The normalized spacial score (nSPS) is 12.1. The highest BCUT2D eigenvalue weighted by Gasteiger charge is 2.21. The zero-order valence-electron chi connectivity index (χ0n) is 11.1. The van der Waals surface area contributed by atoms with Crippen LogP contribution in [0.15, 0.2) is 47.1 Å². The molecule has 0 spiro atoms. The predicted molar refractivity (Wildman–Crippen MR) is 71.5 cm³/mol. The Morgan fingerprint density at radius 1 is 1.32 bits per heavy atom. The zero-order chi connectivity index (χ0) is 13.7. The second-order valence-corrected chi connectivity index (χ2v) is 4.27. The van der Waals surface area contributed by atoms with Crippen LogP contribution in [0.2, 0.25) is 0 Å². The van der Waals surface area contributed by atoms with E-state index in [1.165, 1.54) is 7.11 Å². The van der Waals surface area contributed by atoms with Crippen molar-refractivity contribution in [3.05, 3.63) is 59.5 Å². The molecule has 0 aliphatic carbocycles. The number of rotatable bonds is 5. The lowest BCUT2D eigenvalue weighted by Crippen LogP contribution is -2.29. The van der Waals surface area contributed by atoms with Gasteiger partial charge < -0.3 is 9.15 Å². The van der Waals surface area contributed by atoms with E-state index in [0.717, 1.165) is 16.9 Å². The monoisotopic (exact) mass is 259 g/mol. The third-order valence-electron chi connectivity index (χ3n) is 3.00. The van der Waals surface area contributed by atoms with Gasteiger partial charge in [0.25, 0.3) is 0 Å². The Morgan fingerprint density at radius 3 is 2.63 bits per heavy atom. The van der Waals surface area contributed by atoms with E-state index in [9.17, 15) is 4.79 Å². The molecule has 0 amide bonds. The number of benzene rings is 1. The number of nitrogens with one attached hydrogen (secondary N) is 1. The molecule has 0 fully saturated rings. The highest BCUT2D eigenvalue weighted by molar-refractivity contribution is 5.77. The smallest absolute Gasteiger partial charge is 0.327 e. The van der Waals surface area contributed by atoms with Crippen molar-refractivity contribution < 1.29 is 13.9 Å². The van der Waals surface area contributed by atoms with Crippen molar-refractivity contribution >= 4 is 5.97 Å². The molecular formula is C15H17NO3. The van der Waals surface area contributed by atoms with Crippen LogP contribution in [0.3, 0.4) is 0 Å². The molecule has 0 aliphatic rings. The Kier molecular flexibility index (Phi) is 4.36. The third kappa shape index (κ3) is 3.23. The van der Waals surface area contributed by atoms with Gasteiger partial charge in [-0.3, -0.25) is 5.32 Å². The van der Waals surface area contributed by atoms with Crippen LogP contribution in [0.4, 0.5) is 0 Å². The van der Waals surface area contributed by atoms with Crippen LogP contribution in [-0.2, 0) is 16.1 Å². The summed E-state index contributed by atoms with van der Waals surface area (Å²) in [5.74, 6) is 0.514. The number of hydrogen-bond donors (Lipinski definition) is 1. The molecule has 4 nitrogen and oxygen atoms in total. The van der Waals surface area contributed by atoms with Gasteiger partial charge in [0, 0.05) is 0 Å². The first kappa shape index (κ1) is 13.4. The van der Waals surface area contributed by atoms with E-state index < -0.39 is 6.04 Å². The fraction of sp³-hybridized carbons (Fsp3) is 0.267. The van der Waals surface area contributed by atoms with Crippen molar-refractivity contribution in [3.8, 4) is 0 Å². The average molecular weight is 259 g/mol. The van der Waals surface area contributed by atoms with Gasteiger partial charge in [0.1, 0.15) is 11.8 Å². The van der Waals surface area contributed by atoms with Crippen LogP contribution in [0.25, 0.3) is 0 Å². The number of hydrogen-bond acceptors (Lipinski definition) is 4. The Bertz CT molecular complexity index is 533. The van der Waals surface area contributed by atoms with Gasteiger partial charge in [0.2, 0.25) is 0 Å². The van der Waals surface area contributed by atoms with Crippen LogP contribution in [0, 0.1) is 6.92 Å². The highest BCUT2D eigenvalue weighted by Crippen LogP contribution is 2.16. The van der Waals surface area contributed by atoms with Gasteiger partial charge in [-0.15, -0.1) is 0 Å². The molecule has 19 heavy (non-hydrogen) atoms. The lowest BCUT2D eigenvalue weighted by Gasteiger charge is -2.16. The lowest BCUT2D eigenvalue weighted by atomic mass is 10.1. The average Bonchev–Trinajstić information content (AvgIpc) is 2.85.